The molecule has 0 amide bonds. The van der Waals surface area contributed by atoms with E-state index in [0.717, 1.165) is 27.2 Å². The maximum absolute atomic E-state index is 10.2. The van der Waals surface area contributed by atoms with Crippen LogP contribution in [-0.4, -0.2) is 10.1 Å². The van der Waals surface area contributed by atoms with Crippen LogP contribution >= 0.6 is 11.3 Å². The summed E-state index contributed by atoms with van der Waals surface area (Å²) in [5.41, 5.74) is 2.05. The number of fused-ring (bicyclic) bond motifs is 1. The number of anilines is 1. The lowest BCUT2D eigenvalue weighted by atomic mass is 9.93. The summed E-state index contributed by atoms with van der Waals surface area (Å²) in [5, 5.41) is 18.7. The van der Waals surface area contributed by atoms with Crippen LogP contribution in [0.25, 0.3) is 10.8 Å². The van der Waals surface area contributed by atoms with E-state index in [-0.39, 0.29) is 5.41 Å². The molecule has 3 nitrogen and oxygen atoms in total. The zero-order chi connectivity index (χ0) is 15.7. The first-order chi connectivity index (χ1) is 10.4. The average Bonchev–Trinajstić information content (AvgIpc) is 2.95. The summed E-state index contributed by atoms with van der Waals surface area (Å²) in [6.45, 7) is 7.03. The van der Waals surface area contributed by atoms with Crippen molar-refractivity contribution in [2.75, 3.05) is 5.32 Å². The molecule has 0 saturated heterocycles. The normalized spacial score (nSPS) is 11.8. The molecular formula is C18H20N2OS. The van der Waals surface area contributed by atoms with Gasteiger partial charge >= 0.3 is 0 Å². The van der Waals surface area contributed by atoms with Gasteiger partial charge in [0.1, 0.15) is 5.75 Å². The number of hydrogen-bond donors (Lipinski definition) is 2. The zero-order valence-corrected chi connectivity index (χ0v) is 13.9. The van der Waals surface area contributed by atoms with Gasteiger partial charge in [-0.15, -0.1) is 11.3 Å². The summed E-state index contributed by atoms with van der Waals surface area (Å²) in [7, 11) is 0. The fourth-order valence-electron chi connectivity index (χ4n) is 2.37. The van der Waals surface area contributed by atoms with Crippen LogP contribution in [0.15, 0.2) is 41.8 Å². The first-order valence-electron chi connectivity index (χ1n) is 7.34. The smallest absolute Gasteiger partial charge is 0.183 e. The number of aromatic hydroxyl groups is 1. The lowest BCUT2D eigenvalue weighted by Gasteiger charge is -2.14. The Morgan fingerprint density at radius 3 is 2.64 bits per heavy atom. The first kappa shape index (κ1) is 14.9. The molecule has 0 radical (unpaired) electrons. The SMILES string of the molecule is CC(C)(C)c1csc(NCc2c(O)ccc3ccccc23)n1. The number of rotatable bonds is 3. The third-order valence-corrected chi connectivity index (χ3v) is 4.50. The van der Waals surface area contributed by atoms with E-state index < -0.39 is 0 Å². The Labute approximate surface area is 134 Å². The van der Waals surface area contributed by atoms with Crippen LogP contribution in [0.4, 0.5) is 5.13 Å². The van der Waals surface area contributed by atoms with E-state index in [4.69, 9.17) is 0 Å². The van der Waals surface area contributed by atoms with Crippen LogP contribution in [0, 0.1) is 0 Å². The minimum absolute atomic E-state index is 0.0536. The van der Waals surface area contributed by atoms with Crippen molar-refractivity contribution in [2.24, 2.45) is 0 Å². The van der Waals surface area contributed by atoms with Gasteiger partial charge in [-0.05, 0) is 16.8 Å². The van der Waals surface area contributed by atoms with Crippen LogP contribution in [0.1, 0.15) is 32.0 Å². The molecule has 0 saturated carbocycles. The lowest BCUT2D eigenvalue weighted by molar-refractivity contribution is 0.470. The molecule has 114 valence electrons. The molecule has 4 heteroatoms. The molecule has 0 aliphatic carbocycles. The Balaban J connectivity index is 1.85. The van der Waals surface area contributed by atoms with Crippen molar-refractivity contribution < 1.29 is 5.11 Å². The molecule has 3 aromatic rings. The van der Waals surface area contributed by atoms with E-state index in [1.165, 1.54) is 0 Å². The van der Waals surface area contributed by atoms with Crippen LogP contribution in [0.5, 0.6) is 5.75 Å². The van der Waals surface area contributed by atoms with Gasteiger partial charge in [-0.1, -0.05) is 51.1 Å². The average molecular weight is 312 g/mol. The Morgan fingerprint density at radius 1 is 1.14 bits per heavy atom. The molecule has 0 atom stereocenters. The van der Waals surface area contributed by atoms with E-state index in [1.54, 1.807) is 17.4 Å². The van der Waals surface area contributed by atoms with E-state index in [2.05, 4.69) is 42.5 Å². The second-order valence-electron chi connectivity index (χ2n) is 6.43. The molecule has 0 spiro atoms. The molecule has 0 aliphatic rings. The number of benzene rings is 2. The van der Waals surface area contributed by atoms with Gasteiger partial charge in [0.2, 0.25) is 0 Å². The standard InChI is InChI=1S/C18H20N2OS/c1-18(2,3)16-11-22-17(20-16)19-10-14-13-7-5-4-6-12(13)8-9-15(14)21/h4-9,11,21H,10H2,1-3H3,(H,19,20). The number of aromatic nitrogens is 1. The lowest BCUT2D eigenvalue weighted by Crippen LogP contribution is -2.11. The maximum atomic E-state index is 10.2. The number of hydrogen-bond acceptors (Lipinski definition) is 4. The van der Waals surface area contributed by atoms with E-state index >= 15 is 0 Å². The third-order valence-electron chi connectivity index (χ3n) is 3.70. The summed E-state index contributed by atoms with van der Waals surface area (Å²) in [6, 6.07) is 11.8. The number of phenolic OH excluding ortho intramolecular Hbond substituents is 1. The predicted octanol–water partition coefficient (Wildman–Crippen LogP) is 4.91. The predicted molar refractivity (Wildman–Crippen MR) is 93.8 cm³/mol. The molecule has 1 aromatic heterocycles. The molecular weight excluding hydrogens is 292 g/mol. The van der Waals surface area contributed by atoms with Gasteiger partial charge in [0.15, 0.2) is 5.13 Å². The summed E-state index contributed by atoms with van der Waals surface area (Å²) in [4.78, 5) is 4.63. The molecule has 22 heavy (non-hydrogen) atoms. The molecule has 0 aliphatic heterocycles. The molecule has 0 fully saturated rings. The number of nitrogens with zero attached hydrogens (tertiary/aromatic N) is 1. The molecule has 3 rings (SSSR count). The fourth-order valence-corrected chi connectivity index (χ4v) is 3.31. The van der Waals surface area contributed by atoms with Gasteiger partial charge in [-0.2, -0.15) is 0 Å². The first-order valence-corrected chi connectivity index (χ1v) is 8.22. The minimum Gasteiger partial charge on any atom is -0.508 e. The molecule has 2 N–H and O–H groups in total. The monoisotopic (exact) mass is 312 g/mol. The molecule has 0 unspecified atom stereocenters. The maximum Gasteiger partial charge on any atom is 0.183 e. The summed E-state index contributed by atoms with van der Waals surface area (Å²) in [6.07, 6.45) is 0. The molecule has 0 bridgehead atoms. The Hall–Kier alpha value is -2.07. The highest BCUT2D eigenvalue weighted by Gasteiger charge is 2.17. The zero-order valence-electron chi connectivity index (χ0n) is 13.1. The fraction of sp³-hybridized carbons (Fsp3) is 0.278. The van der Waals surface area contributed by atoms with E-state index in [9.17, 15) is 5.11 Å². The Morgan fingerprint density at radius 2 is 1.91 bits per heavy atom. The summed E-state index contributed by atoms with van der Waals surface area (Å²) < 4.78 is 0. The highest BCUT2D eigenvalue weighted by Crippen LogP contribution is 2.30. The van der Waals surface area contributed by atoms with E-state index in [1.807, 2.05) is 24.3 Å². The Bertz CT molecular complexity index is 802. The van der Waals surface area contributed by atoms with E-state index in [0.29, 0.717) is 12.3 Å². The van der Waals surface area contributed by atoms with Crippen molar-refractivity contribution in [1.29, 1.82) is 0 Å². The van der Waals surface area contributed by atoms with Crippen molar-refractivity contribution in [3.63, 3.8) is 0 Å². The quantitative estimate of drug-likeness (QED) is 0.722. The Kier molecular flexibility index (Phi) is 3.79. The largest absolute Gasteiger partial charge is 0.508 e. The van der Waals surface area contributed by atoms with Crippen LogP contribution in [0.2, 0.25) is 0 Å². The second kappa shape index (κ2) is 5.61. The third kappa shape index (κ3) is 2.92. The molecule has 2 aromatic carbocycles. The topological polar surface area (TPSA) is 45.1 Å². The van der Waals surface area contributed by atoms with Gasteiger partial charge in [0.25, 0.3) is 0 Å². The van der Waals surface area contributed by atoms with Gasteiger partial charge < -0.3 is 10.4 Å². The van der Waals surface area contributed by atoms with Crippen molar-refractivity contribution in [3.8, 4) is 5.75 Å². The molecule has 1 heterocycles. The van der Waals surface area contributed by atoms with Gasteiger partial charge in [0, 0.05) is 22.9 Å². The summed E-state index contributed by atoms with van der Waals surface area (Å²) >= 11 is 1.60. The van der Waals surface area contributed by atoms with Crippen molar-refractivity contribution in [1.82, 2.24) is 4.98 Å². The number of phenols is 1. The van der Waals surface area contributed by atoms with Crippen LogP contribution in [0.3, 0.4) is 0 Å². The minimum atomic E-state index is 0.0536. The van der Waals surface area contributed by atoms with Crippen molar-refractivity contribution >= 4 is 27.2 Å². The highest BCUT2D eigenvalue weighted by atomic mass is 32.1. The van der Waals surface area contributed by atoms with Crippen LogP contribution in [-0.2, 0) is 12.0 Å². The van der Waals surface area contributed by atoms with Crippen LogP contribution < -0.4 is 5.32 Å². The highest BCUT2D eigenvalue weighted by molar-refractivity contribution is 7.13. The van der Waals surface area contributed by atoms with Gasteiger partial charge in [-0.3, -0.25) is 0 Å². The number of nitrogens with one attached hydrogen (secondary N) is 1. The van der Waals surface area contributed by atoms with Gasteiger partial charge in [0.05, 0.1) is 5.69 Å². The number of thiazole rings is 1. The summed E-state index contributed by atoms with van der Waals surface area (Å²) in [5.74, 6) is 0.318. The van der Waals surface area contributed by atoms with Gasteiger partial charge in [-0.25, -0.2) is 4.98 Å². The van der Waals surface area contributed by atoms with Crippen molar-refractivity contribution in [3.05, 3.63) is 53.0 Å². The second-order valence-corrected chi connectivity index (χ2v) is 7.28. The van der Waals surface area contributed by atoms with Crippen molar-refractivity contribution in [2.45, 2.75) is 32.7 Å².